The van der Waals surface area contributed by atoms with Crippen LogP contribution in [0.15, 0.2) is 64.6 Å². The van der Waals surface area contributed by atoms with Gasteiger partial charge in [0, 0.05) is 10.7 Å². The molecule has 4 rings (SSSR count). The lowest BCUT2D eigenvalue weighted by molar-refractivity contribution is -0.122. The highest BCUT2D eigenvalue weighted by molar-refractivity contribution is 9.10. The summed E-state index contributed by atoms with van der Waals surface area (Å²) in [6.07, 6.45) is 1.33. The average Bonchev–Trinajstić information content (AvgIpc) is 2.88. The zero-order valence-corrected chi connectivity index (χ0v) is 23.5. The molecule has 1 saturated heterocycles. The predicted octanol–water partition coefficient (Wildman–Crippen LogP) is 5.41. The van der Waals surface area contributed by atoms with Crippen LogP contribution >= 0.6 is 27.5 Å². The SMILES string of the molecule is COc1cc(/C=C2/C(=O)NC(=O)N(c3ccc(Cl)cc3)C2=O)cc(Br)c1OCC(=O)Nc1ccc(C)cc1C. The standard InChI is InChI=1S/C28H23BrClN3O6/c1-15-4-9-22(16(2)10-15)31-24(34)14-39-25-21(29)12-17(13-23(25)38-3)11-20-26(35)32-28(37)33(27(20)36)19-7-5-18(30)6-8-19/h4-13H,14H2,1-3H3,(H,31,34)(H,32,35,37)/b20-11-. The molecule has 0 saturated carbocycles. The Hall–Kier alpha value is -4.15. The number of imide groups is 2. The van der Waals surface area contributed by atoms with E-state index in [0.29, 0.717) is 20.7 Å². The number of urea groups is 1. The monoisotopic (exact) mass is 611 g/mol. The summed E-state index contributed by atoms with van der Waals surface area (Å²) in [4.78, 5) is 51.5. The van der Waals surface area contributed by atoms with Crippen LogP contribution in [-0.2, 0) is 14.4 Å². The maximum atomic E-state index is 13.1. The first-order valence-corrected chi connectivity index (χ1v) is 12.8. The zero-order chi connectivity index (χ0) is 28.3. The molecule has 3 aromatic carbocycles. The number of carbonyl (C=O) groups excluding carboxylic acids is 4. The van der Waals surface area contributed by atoms with Crippen molar-refractivity contribution in [2.45, 2.75) is 13.8 Å². The van der Waals surface area contributed by atoms with Gasteiger partial charge >= 0.3 is 6.03 Å². The van der Waals surface area contributed by atoms with Crippen molar-refractivity contribution in [2.75, 3.05) is 23.9 Å². The Kier molecular flexibility index (Phi) is 8.37. The number of halogens is 2. The molecule has 39 heavy (non-hydrogen) atoms. The van der Waals surface area contributed by atoms with Crippen LogP contribution in [0.3, 0.4) is 0 Å². The van der Waals surface area contributed by atoms with E-state index in [9.17, 15) is 19.2 Å². The van der Waals surface area contributed by atoms with Crippen LogP contribution in [0.5, 0.6) is 11.5 Å². The first-order chi connectivity index (χ1) is 18.6. The topological polar surface area (TPSA) is 114 Å². The average molecular weight is 613 g/mol. The van der Waals surface area contributed by atoms with E-state index in [0.717, 1.165) is 16.0 Å². The van der Waals surface area contributed by atoms with Gasteiger partial charge in [0.1, 0.15) is 5.57 Å². The summed E-state index contributed by atoms with van der Waals surface area (Å²) in [6.45, 7) is 3.58. The Balaban J connectivity index is 1.55. The van der Waals surface area contributed by atoms with E-state index in [1.165, 1.54) is 37.5 Å². The van der Waals surface area contributed by atoms with Gasteiger partial charge in [-0.25, -0.2) is 9.69 Å². The third-order valence-electron chi connectivity index (χ3n) is 5.75. The van der Waals surface area contributed by atoms with Gasteiger partial charge in [-0.3, -0.25) is 19.7 Å². The van der Waals surface area contributed by atoms with Crippen LogP contribution in [0.4, 0.5) is 16.2 Å². The van der Waals surface area contributed by atoms with E-state index in [2.05, 4.69) is 26.6 Å². The minimum atomic E-state index is -0.869. The number of anilines is 2. The van der Waals surface area contributed by atoms with Gasteiger partial charge in [0.25, 0.3) is 17.7 Å². The van der Waals surface area contributed by atoms with Gasteiger partial charge < -0.3 is 14.8 Å². The predicted molar refractivity (Wildman–Crippen MR) is 151 cm³/mol. The number of hydrogen-bond donors (Lipinski definition) is 2. The molecule has 0 spiro atoms. The number of aryl methyl sites for hydroxylation is 2. The molecule has 3 aromatic rings. The molecular weight excluding hydrogens is 590 g/mol. The summed E-state index contributed by atoms with van der Waals surface area (Å²) in [6, 6.07) is 14.0. The second kappa shape index (κ2) is 11.7. The number of barbiturate groups is 1. The molecule has 5 amide bonds. The molecule has 2 N–H and O–H groups in total. The molecule has 1 aliphatic rings. The van der Waals surface area contributed by atoms with Crippen molar-refractivity contribution in [3.05, 3.63) is 86.4 Å². The van der Waals surface area contributed by atoms with Gasteiger partial charge in [-0.2, -0.15) is 0 Å². The van der Waals surface area contributed by atoms with Gasteiger partial charge in [0.05, 0.1) is 17.3 Å². The van der Waals surface area contributed by atoms with E-state index >= 15 is 0 Å². The lowest BCUT2D eigenvalue weighted by Gasteiger charge is -2.26. The van der Waals surface area contributed by atoms with Crippen LogP contribution in [0.1, 0.15) is 16.7 Å². The van der Waals surface area contributed by atoms with Gasteiger partial charge in [0.15, 0.2) is 18.1 Å². The number of methoxy groups -OCH3 is 1. The molecule has 1 heterocycles. The quantitative estimate of drug-likeness (QED) is 0.272. The number of nitrogens with one attached hydrogen (secondary N) is 2. The van der Waals surface area contributed by atoms with Gasteiger partial charge in [0.2, 0.25) is 0 Å². The molecule has 0 bridgehead atoms. The van der Waals surface area contributed by atoms with E-state index in [1.807, 2.05) is 32.0 Å². The number of benzene rings is 3. The number of amides is 5. The molecule has 0 radical (unpaired) electrons. The maximum absolute atomic E-state index is 13.1. The molecule has 0 unspecified atom stereocenters. The molecular formula is C28H23BrClN3O6. The van der Waals surface area contributed by atoms with Crippen molar-refractivity contribution >= 4 is 68.7 Å². The van der Waals surface area contributed by atoms with Crippen molar-refractivity contribution in [3.8, 4) is 11.5 Å². The number of hydrogen-bond acceptors (Lipinski definition) is 6. The van der Waals surface area contributed by atoms with Crippen molar-refractivity contribution in [1.82, 2.24) is 5.32 Å². The third-order valence-corrected chi connectivity index (χ3v) is 6.59. The Morgan fingerprint density at radius 2 is 1.79 bits per heavy atom. The summed E-state index contributed by atoms with van der Waals surface area (Å²) >= 11 is 9.31. The fourth-order valence-electron chi connectivity index (χ4n) is 3.89. The van der Waals surface area contributed by atoms with E-state index in [4.69, 9.17) is 21.1 Å². The minimum absolute atomic E-state index is 0.252. The Morgan fingerprint density at radius 3 is 2.46 bits per heavy atom. The van der Waals surface area contributed by atoms with Crippen molar-refractivity contribution < 1.29 is 28.7 Å². The lowest BCUT2D eigenvalue weighted by atomic mass is 10.1. The number of carbonyl (C=O) groups is 4. The Morgan fingerprint density at radius 1 is 1.08 bits per heavy atom. The summed E-state index contributed by atoms with van der Waals surface area (Å²) < 4.78 is 11.6. The molecule has 0 atom stereocenters. The smallest absolute Gasteiger partial charge is 0.335 e. The van der Waals surface area contributed by atoms with Crippen LogP contribution in [0.25, 0.3) is 6.08 Å². The lowest BCUT2D eigenvalue weighted by Crippen LogP contribution is -2.54. The van der Waals surface area contributed by atoms with Crippen molar-refractivity contribution in [3.63, 3.8) is 0 Å². The van der Waals surface area contributed by atoms with E-state index in [-0.39, 0.29) is 35.3 Å². The summed E-state index contributed by atoms with van der Waals surface area (Å²) in [5.74, 6) is -1.49. The Bertz CT molecular complexity index is 1520. The van der Waals surface area contributed by atoms with E-state index in [1.54, 1.807) is 12.1 Å². The number of ether oxygens (including phenoxy) is 2. The van der Waals surface area contributed by atoms with Gasteiger partial charge in [-0.1, -0.05) is 29.3 Å². The molecule has 1 fully saturated rings. The number of nitrogens with zero attached hydrogens (tertiary/aromatic N) is 1. The minimum Gasteiger partial charge on any atom is -0.493 e. The summed E-state index contributed by atoms with van der Waals surface area (Å²) in [5.41, 5.74) is 3.10. The van der Waals surface area contributed by atoms with Crippen LogP contribution in [-0.4, -0.2) is 37.5 Å². The summed E-state index contributed by atoms with van der Waals surface area (Å²) in [5, 5.41) is 5.41. The molecule has 0 aromatic heterocycles. The highest BCUT2D eigenvalue weighted by Gasteiger charge is 2.36. The van der Waals surface area contributed by atoms with Gasteiger partial charge in [-0.15, -0.1) is 0 Å². The van der Waals surface area contributed by atoms with Crippen LogP contribution in [0.2, 0.25) is 5.02 Å². The molecule has 11 heteroatoms. The fourth-order valence-corrected chi connectivity index (χ4v) is 4.59. The highest BCUT2D eigenvalue weighted by atomic mass is 79.9. The van der Waals surface area contributed by atoms with Crippen molar-refractivity contribution in [2.24, 2.45) is 0 Å². The molecule has 9 nitrogen and oxygen atoms in total. The maximum Gasteiger partial charge on any atom is 0.335 e. The van der Waals surface area contributed by atoms with Crippen LogP contribution in [0, 0.1) is 13.8 Å². The zero-order valence-electron chi connectivity index (χ0n) is 21.1. The van der Waals surface area contributed by atoms with Gasteiger partial charge in [-0.05, 0) is 89.4 Å². The normalized spacial score (nSPS) is 14.3. The summed E-state index contributed by atoms with van der Waals surface area (Å²) in [7, 11) is 1.42. The fraction of sp³-hybridized carbons (Fsp3) is 0.143. The first-order valence-electron chi connectivity index (χ1n) is 11.6. The largest absolute Gasteiger partial charge is 0.493 e. The molecule has 200 valence electrons. The number of rotatable bonds is 7. The Labute approximate surface area is 237 Å². The second-order valence-corrected chi connectivity index (χ2v) is 9.91. The first kappa shape index (κ1) is 27.9. The van der Waals surface area contributed by atoms with E-state index < -0.39 is 17.8 Å². The van der Waals surface area contributed by atoms with Crippen molar-refractivity contribution in [1.29, 1.82) is 0 Å². The molecule has 0 aliphatic carbocycles. The second-order valence-electron chi connectivity index (χ2n) is 8.62. The van der Waals surface area contributed by atoms with Crippen LogP contribution < -0.4 is 25.0 Å². The molecule has 1 aliphatic heterocycles. The highest BCUT2D eigenvalue weighted by Crippen LogP contribution is 2.37. The third kappa shape index (κ3) is 6.30.